The SMILES string of the molecule is COc1cc(OC)nc(Sc2cccc(-c3ccccc3)c2C(=O)O)n1. The number of carboxylic acid groups (broad SMARTS) is 1. The maximum atomic E-state index is 11.9. The Morgan fingerprint density at radius 3 is 2.19 bits per heavy atom. The summed E-state index contributed by atoms with van der Waals surface area (Å²) >= 11 is 1.15. The summed E-state index contributed by atoms with van der Waals surface area (Å²) in [5.41, 5.74) is 1.67. The third-order valence-electron chi connectivity index (χ3n) is 3.60. The van der Waals surface area contributed by atoms with Crippen LogP contribution in [-0.4, -0.2) is 35.3 Å². The fourth-order valence-corrected chi connectivity index (χ4v) is 3.35. The van der Waals surface area contributed by atoms with E-state index in [1.54, 1.807) is 18.2 Å². The van der Waals surface area contributed by atoms with E-state index in [0.29, 0.717) is 27.4 Å². The minimum Gasteiger partial charge on any atom is -0.481 e. The highest BCUT2D eigenvalue weighted by molar-refractivity contribution is 7.99. The van der Waals surface area contributed by atoms with Crippen molar-refractivity contribution in [2.24, 2.45) is 0 Å². The van der Waals surface area contributed by atoms with Gasteiger partial charge in [0.1, 0.15) is 0 Å². The van der Waals surface area contributed by atoms with Crippen molar-refractivity contribution in [1.29, 1.82) is 0 Å². The zero-order valence-corrected chi connectivity index (χ0v) is 15.0. The largest absolute Gasteiger partial charge is 0.481 e. The Morgan fingerprint density at radius 2 is 1.62 bits per heavy atom. The van der Waals surface area contributed by atoms with Crippen molar-refractivity contribution in [2.75, 3.05) is 14.2 Å². The Bertz CT molecular complexity index is 910. The molecular weight excluding hydrogens is 352 g/mol. The number of aromatic nitrogens is 2. The first-order chi connectivity index (χ1) is 12.6. The molecule has 3 rings (SSSR count). The molecule has 0 unspecified atom stereocenters. The molecule has 0 fully saturated rings. The summed E-state index contributed by atoms with van der Waals surface area (Å²) in [4.78, 5) is 21.0. The van der Waals surface area contributed by atoms with Crippen LogP contribution < -0.4 is 9.47 Å². The predicted molar refractivity (Wildman–Crippen MR) is 98.1 cm³/mol. The number of rotatable bonds is 6. The van der Waals surface area contributed by atoms with Crippen molar-refractivity contribution in [3.05, 3.63) is 60.2 Å². The smallest absolute Gasteiger partial charge is 0.337 e. The van der Waals surface area contributed by atoms with Gasteiger partial charge in [-0.1, -0.05) is 42.5 Å². The maximum Gasteiger partial charge on any atom is 0.337 e. The van der Waals surface area contributed by atoms with Gasteiger partial charge in [-0.3, -0.25) is 0 Å². The molecule has 0 aliphatic carbocycles. The van der Waals surface area contributed by atoms with Crippen LogP contribution in [0.4, 0.5) is 0 Å². The van der Waals surface area contributed by atoms with Crippen LogP contribution in [-0.2, 0) is 0 Å². The van der Waals surface area contributed by atoms with E-state index in [0.717, 1.165) is 17.3 Å². The minimum atomic E-state index is -1.01. The summed E-state index contributed by atoms with van der Waals surface area (Å²) < 4.78 is 10.3. The standard InChI is InChI=1S/C19H16N2O4S/c1-24-15-11-16(25-2)21-19(20-15)26-14-10-6-9-13(17(14)18(22)23)12-7-4-3-5-8-12/h3-11H,1-2H3,(H,22,23). The van der Waals surface area contributed by atoms with Gasteiger partial charge < -0.3 is 14.6 Å². The van der Waals surface area contributed by atoms with Crippen LogP contribution >= 0.6 is 11.8 Å². The molecule has 0 bridgehead atoms. The normalized spacial score (nSPS) is 10.4. The Morgan fingerprint density at radius 1 is 0.962 bits per heavy atom. The van der Waals surface area contributed by atoms with E-state index < -0.39 is 5.97 Å². The van der Waals surface area contributed by atoms with Gasteiger partial charge in [-0.2, -0.15) is 9.97 Å². The summed E-state index contributed by atoms with van der Waals surface area (Å²) in [5, 5.41) is 10.1. The first-order valence-corrected chi connectivity index (χ1v) is 8.50. The van der Waals surface area contributed by atoms with Crippen molar-refractivity contribution in [2.45, 2.75) is 10.1 Å². The molecule has 26 heavy (non-hydrogen) atoms. The van der Waals surface area contributed by atoms with E-state index >= 15 is 0 Å². The number of carbonyl (C=O) groups is 1. The summed E-state index contributed by atoms with van der Waals surface area (Å²) in [6.45, 7) is 0. The zero-order valence-electron chi connectivity index (χ0n) is 14.2. The van der Waals surface area contributed by atoms with Crippen LogP contribution in [0.2, 0.25) is 0 Å². The molecule has 0 atom stereocenters. The summed E-state index contributed by atoms with van der Waals surface area (Å²) in [5.74, 6) is -0.326. The molecular formula is C19H16N2O4S. The van der Waals surface area contributed by atoms with Gasteiger partial charge in [0.05, 0.1) is 25.8 Å². The monoisotopic (exact) mass is 368 g/mol. The number of hydrogen-bond donors (Lipinski definition) is 1. The van der Waals surface area contributed by atoms with E-state index in [2.05, 4.69) is 9.97 Å². The van der Waals surface area contributed by atoms with Crippen molar-refractivity contribution < 1.29 is 19.4 Å². The van der Waals surface area contributed by atoms with E-state index in [-0.39, 0.29) is 5.56 Å². The van der Waals surface area contributed by atoms with E-state index in [4.69, 9.17) is 9.47 Å². The molecule has 2 aromatic carbocycles. The van der Waals surface area contributed by atoms with Crippen LogP contribution in [0.25, 0.3) is 11.1 Å². The molecule has 0 amide bonds. The first kappa shape index (κ1) is 17.8. The topological polar surface area (TPSA) is 81.5 Å². The Kier molecular flexibility index (Phi) is 5.38. The third-order valence-corrected chi connectivity index (χ3v) is 4.53. The zero-order chi connectivity index (χ0) is 18.5. The maximum absolute atomic E-state index is 11.9. The number of hydrogen-bond acceptors (Lipinski definition) is 6. The lowest BCUT2D eigenvalue weighted by atomic mass is 10.00. The summed E-state index contributed by atoms with van der Waals surface area (Å²) in [7, 11) is 2.99. The molecule has 1 N–H and O–H groups in total. The lowest BCUT2D eigenvalue weighted by molar-refractivity contribution is 0.0694. The number of ether oxygens (including phenoxy) is 2. The lowest BCUT2D eigenvalue weighted by Crippen LogP contribution is -2.03. The molecule has 3 aromatic rings. The molecule has 0 saturated carbocycles. The molecule has 0 spiro atoms. The average Bonchev–Trinajstić information content (AvgIpc) is 2.68. The highest BCUT2D eigenvalue weighted by Crippen LogP contribution is 2.35. The molecule has 0 aliphatic rings. The summed E-state index contributed by atoms with van der Waals surface area (Å²) in [6.07, 6.45) is 0. The Balaban J connectivity index is 2.07. The van der Waals surface area contributed by atoms with Crippen molar-refractivity contribution >= 4 is 17.7 Å². The second kappa shape index (κ2) is 7.88. The van der Waals surface area contributed by atoms with E-state index in [9.17, 15) is 9.90 Å². The summed E-state index contributed by atoms with van der Waals surface area (Å²) in [6, 6.07) is 16.3. The van der Waals surface area contributed by atoms with Crippen LogP contribution in [0.1, 0.15) is 10.4 Å². The molecule has 0 aliphatic heterocycles. The van der Waals surface area contributed by atoms with Crippen LogP contribution in [0.5, 0.6) is 11.8 Å². The van der Waals surface area contributed by atoms with Gasteiger partial charge in [-0.05, 0) is 29.0 Å². The Hall–Kier alpha value is -3.06. The van der Waals surface area contributed by atoms with Crippen LogP contribution in [0, 0.1) is 0 Å². The molecule has 1 aromatic heterocycles. The number of methoxy groups -OCH3 is 2. The van der Waals surface area contributed by atoms with Gasteiger partial charge in [0.15, 0.2) is 5.16 Å². The van der Waals surface area contributed by atoms with E-state index in [1.165, 1.54) is 14.2 Å². The van der Waals surface area contributed by atoms with Crippen molar-refractivity contribution in [3.8, 4) is 22.9 Å². The van der Waals surface area contributed by atoms with Gasteiger partial charge >= 0.3 is 5.97 Å². The van der Waals surface area contributed by atoms with E-state index in [1.807, 2.05) is 36.4 Å². The third kappa shape index (κ3) is 3.78. The fourth-order valence-electron chi connectivity index (χ4n) is 2.43. The molecule has 132 valence electrons. The van der Waals surface area contributed by atoms with Gasteiger partial charge in [0.25, 0.3) is 0 Å². The minimum absolute atomic E-state index is 0.203. The Labute approximate surface area is 154 Å². The second-order valence-corrected chi connectivity index (χ2v) is 6.20. The van der Waals surface area contributed by atoms with Crippen LogP contribution in [0.15, 0.2) is 64.6 Å². The lowest BCUT2D eigenvalue weighted by Gasteiger charge is -2.12. The van der Waals surface area contributed by atoms with Gasteiger partial charge in [0, 0.05) is 4.90 Å². The van der Waals surface area contributed by atoms with Gasteiger partial charge in [-0.15, -0.1) is 0 Å². The van der Waals surface area contributed by atoms with Gasteiger partial charge in [-0.25, -0.2) is 4.79 Å². The highest BCUT2D eigenvalue weighted by Gasteiger charge is 2.19. The molecule has 0 radical (unpaired) electrons. The fraction of sp³-hybridized carbons (Fsp3) is 0.105. The number of carboxylic acids is 1. The number of aromatic carboxylic acids is 1. The quantitative estimate of drug-likeness (QED) is 0.658. The predicted octanol–water partition coefficient (Wildman–Crippen LogP) is 4.01. The average molecular weight is 368 g/mol. The van der Waals surface area contributed by atoms with Gasteiger partial charge in [0.2, 0.25) is 11.8 Å². The molecule has 0 saturated heterocycles. The van der Waals surface area contributed by atoms with Crippen LogP contribution in [0.3, 0.4) is 0 Å². The first-order valence-electron chi connectivity index (χ1n) is 7.69. The molecule has 7 heteroatoms. The number of nitrogens with zero attached hydrogens (tertiary/aromatic N) is 2. The van der Waals surface area contributed by atoms with Crippen molar-refractivity contribution in [3.63, 3.8) is 0 Å². The second-order valence-electron chi connectivity index (χ2n) is 5.19. The molecule has 1 heterocycles. The molecule has 6 nitrogen and oxygen atoms in total. The highest BCUT2D eigenvalue weighted by atomic mass is 32.2. The van der Waals surface area contributed by atoms with Crippen molar-refractivity contribution in [1.82, 2.24) is 9.97 Å². The number of benzene rings is 2.